The van der Waals surface area contributed by atoms with Crippen LogP contribution in [0.1, 0.15) is 53.0 Å². The Balaban J connectivity index is 2.01. The highest BCUT2D eigenvalue weighted by atomic mass is 19.4. The minimum Gasteiger partial charge on any atom is -0.478 e. The van der Waals surface area contributed by atoms with Gasteiger partial charge in [0.05, 0.1) is 27.9 Å². The zero-order chi connectivity index (χ0) is 25.5. The van der Waals surface area contributed by atoms with E-state index in [2.05, 4.69) is 10.3 Å². The maximum atomic E-state index is 14.4. The van der Waals surface area contributed by atoms with Gasteiger partial charge in [0, 0.05) is 30.7 Å². The van der Waals surface area contributed by atoms with Gasteiger partial charge in [-0.2, -0.15) is 13.2 Å². The molecule has 1 aliphatic carbocycles. The fraction of sp³-hybridized carbons (Fsp3) is 0.320. The predicted molar refractivity (Wildman–Crippen MR) is 123 cm³/mol. The first-order chi connectivity index (χ1) is 16.5. The van der Waals surface area contributed by atoms with Gasteiger partial charge < -0.3 is 15.3 Å². The number of carbonyl (C=O) groups is 2. The molecule has 1 aliphatic rings. The molecule has 1 amide bonds. The number of anilines is 1. The van der Waals surface area contributed by atoms with E-state index >= 15 is 0 Å². The maximum absolute atomic E-state index is 14.4. The van der Waals surface area contributed by atoms with E-state index in [1.54, 1.807) is 0 Å². The van der Waals surface area contributed by atoms with Crippen molar-refractivity contribution >= 4 is 28.5 Å². The molecular formula is C25H23F4N3O3. The van der Waals surface area contributed by atoms with E-state index in [1.165, 1.54) is 12.3 Å². The lowest BCUT2D eigenvalue weighted by Gasteiger charge is -2.26. The summed E-state index contributed by atoms with van der Waals surface area (Å²) in [5.41, 5.74) is -1.44. The summed E-state index contributed by atoms with van der Waals surface area (Å²) in [5.74, 6) is -3.03. The number of halogens is 4. The number of fused-ring (bicyclic) bond motifs is 1. The van der Waals surface area contributed by atoms with Gasteiger partial charge in [0.25, 0.3) is 5.91 Å². The van der Waals surface area contributed by atoms with Crippen molar-refractivity contribution < 1.29 is 32.3 Å². The number of benzene rings is 2. The number of carbonyl (C=O) groups excluding carboxylic acids is 1. The number of aromatic nitrogens is 1. The lowest BCUT2D eigenvalue weighted by atomic mass is 9.94. The average molecular weight is 489 g/mol. The van der Waals surface area contributed by atoms with Gasteiger partial charge in [-0.3, -0.25) is 9.78 Å². The molecule has 4 rings (SSSR count). The van der Waals surface area contributed by atoms with E-state index in [0.717, 1.165) is 37.1 Å². The molecule has 184 valence electrons. The third-order valence-corrected chi connectivity index (χ3v) is 6.03. The molecule has 0 radical (unpaired) electrons. The summed E-state index contributed by atoms with van der Waals surface area (Å²) in [6.07, 6.45) is -1.77. The van der Waals surface area contributed by atoms with E-state index in [-0.39, 0.29) is 34.2 Å². The van der Waals surface area contributed by atoms with Crippen LogP contribution in [-0.4, -0.2) is 41.1 Å². The molecule has 0 bridgehead atoms. The SMILES string of the molecule is CCN(CC)c1c(C(=O)NC2CC2)cnc2cc(C(F)(F)F)c(-c3ccc(C(=O)O)c(F)c3)cc12. The number of amides is 1. The van der Waals surface area contributed by atoms with Crippen LogP contribution in [0.15, 0.2) is 36.5 Å². The van der Waals surface area contributed by atoms with Crippen molar-refractivity contribution in [2.75, 3.05) is 18.0 Å². The largest absolute Gasteiger partial charge is 0.478 e. The van der Waals surface area contributed by atoms with Crippen LogP contribution in [0.2, 0.25) is 0 Å². The zero-order valence-electron chi connectivity index (χ0n) is 19.0. The molecular weight excluding hydrogens is 466 g/mol. The zero-order valence-corrected chi connectivity index (χ0v) is 19.0. The molecule has 0 aliphatic heterocycles. The fourth-order valence-corrected chi connectivity index (χ4v) is 4.09. The number of pyridine rings is 1. The van der Waals surface area contributed by atoms with Crippen LogP contribution in [0.5, 0.6) is 0 Å². The van der Waals surface area contributed by atoms with Gasteiger partial charge in [-0.15, -0.1) is 0 Å². The van der Waals surface area contributed by atoms with Gasteiger partial charge >= 0.3 is 12.1 Å². The Hall–Kier alpha value is -3.69. The first-order valence-corrected chi connectivity index (χ1v) is 11.2. The molecule has 2 N–H and O–H groups in total. The number of nitrogens with one attached hydrogen (secondary N) is 1. The van der Waals surface area contributed by atoms with Crippen LogP contribution < -0.4 is 10.2 Å². The molecule has 6 nitrogen and oxygen atoms in total. The number of carboxylic acid groups (broad SMARTS) is 1. The van der Waals surface area contributed by atoms with Crippen LogP contribution in [0.3, 0.4) is 0 Å². The Labute approximate surface area is 198 Å². The van der Waals surface area contributed by atoms with E-state index in [1.807, 2.05) is 18.7 Å². The predicted octanol–water partition coefficient (Wildman–Crippen LogP) is 5.50. The van der Waals surface area contributed by atoms with Crippen molar-refractivity contribution in [2.45, 2.75) is 38.9 Å². The highest BCUT2D eigenvalue weighted by Crippen LogP contribution is 2.42. The smallest absolute Gasteiger partial charge is 0.417 e. The first kappa shape index (κ1) is 24.4. The van der Waals surface area contributed by atoms with E-state index in [4.69, 9.17) is 5.11 Å². The van der Waals surface area contributed by atoms with Gasteiger partial charge in [0.2, 0.25) is 0 Å². The molecule has 2 aromatic carbocycles. The van der Waals surface area contributed by atoms with E-state index in [9.17, 15) is 27.2 Å². The molecule has 10 heteroatoms. The molecule has 35 heavy (non-hydrogen) atoms. The third kappa shape index (κ3) is 4.78. The maximum Gasteiger partial charge on any atom is 0.417 e. The first-order valence-electron chi connectivity index (χ1n) is 11.2. The summed E-state index contributed by atoms with van der Waals surface area (Å²) in [6, 6.07) is 5.04. The molecule has 1 saturated carbocycles. The number of carboxylic acids is 1. The van der Waals surface area contributed by atoms with E-state index < -0.39 is 29.1 Å². The molecule has 0 unspecified atom stereocenters. The number of hydrogen-bond acceptors (Lipinski definition) is 4. The third-order valence-electron chi connectivity index (χ3n) is 6.03. The molecule has 0 spiro atoms. The number of aromatic carboxylic acids is 1. The topological polar surface area (TPSA) is 82.5 Å². The minimum absolute atomic E-state index is 0.0357. The Bertz CT molecular complexity index is 1320. The van der Waals surface area contributed by atoms with Crippen molar-refractivity contribution in [2.24, 2.45) is 0 Å². The summed E-state index contributed by atoms with van der Waals surface area (Å²) in [4.78, 5) is 30.2. The number of nitrogens with zero attached hydrogens (tertiary/aromatic N) is 2. The van der Waals surface area contributed by atoms with E-state index in [0.29, 0.717) is 24.2 Å². The fourth-order valence-electron chi connectivity index (χ4n) is 4.09. The van der Waals surface area contributed by atoms with Crippen LogP contribution in [-0.2, 0) is 6.18 Å². The summed E-state index contributed by atoms with van der Waals surface area (Å²) in [7, 11) is 0. The van der Waals surface area contributed by atoms with Crippen LogP contribution in [0.4, 0.5) is 23.2 Å². The van der Waals surface area contributed by atoms with Gasteiger partial charge in [-0.25, -0.2) is 9.18 Å². The molecule has 3 aromatic rings. The summed E-state index contributed by atoms with van der Waals surface area (Å²) < 4.78 is 56.5. The van der Waals surface area contributed by atoms with Crippen LogP contribution in [0, 0.1) is 5.82 Å². The van der Waals surface area contributed by atoms with Crippen molar-refractivity contribution in [3.63, 3.8) is 0 Å². The Morgan fingerprint density at radius 3 is 2.34 bits per heavy atom. The number of rotatable bonds is 7. The summed E-state index contributed by atoms with van der Waals surface area (Å²) in [5, 5.41) is 12.3. The van der Waals surface area contributed by atoms with Crippen LogP contribution in [0.25, 0.3) is 22.0 Å². The minimum atomic E-state index is -4.79. The second-order valence-electron chi connectivity index (χ2n) is 8.35. The van der Waals surface area contributed by atoms with Crippen molar-refractivity contribution in [3.8, 4) is 11.1 Å². The monoisotopic (exact) mass is 489 g/mol. The number of alkyl halides is 3. The quantitative estimate of drug-likeness (QED) is 0.429. The highest BCUT2D eigenvalue weighted by molar-refractivity contribution is 6.08. The van der Waals surface area contributed by atoms with Gasteiger partial charge in [0.1, 0.15) is 5.82 Å². The average Bonchev–Trinajstić information content (AvgIpc) is 3.62. The molecule has 0 atom stereocenters. The van der Waals surface area contributed by atoms with Crippen molar-refractivity contribution in [3.05, 3.63) is 59.0 Å². The summed E-state index contributed by atoms with van der Waals surface area (Å²) in [6.45, 7) is 4.70. The molecule has 0 saturated heterocycles. The lowest BCUT2D eigenvalue weighted by molar-refractivity contribution is -0.137. The molecule has 1 fully saturated rings. The highest BCUT2D eigenvalue weighted by Gasteiger charge is 2.35. The normalized spacial score (nSPS) is 13.7. The number of hydrogen-bond donors (Lipinski definition) is 2. The second-order valence-corrected chi connectivity index (χ2v) is 8.35. The van der Waals surface area contributed by atoms with Gasteiger partial charge in [-0.05, 0) is 62.1 Å². The van der Waals surface area contributed by atoms with Crippen molar-refractivity contribution in [1.29, 1.82) is 0 Å². The summed E-state index contributed by atoms with van der Waals surface area (Å²) >= 11 is 0. The Kier molecular flexibility index (Phi) is 6.40. The van der Waals surface area contributed by atoms with Crippen molar-refractivity contribution in [1.82, 2.24) is 10.3 Å². The van der Waals surface area contributed by atoms with Crippen LogP contribution >= 0.6 is 0 Å². The van der Waals surface area contributed by atoms with Gasteiger partial charge in [-0.1, -0.05) is 6.07 Å². The lowest BCUT2D eigenvalue weighted by Crippen LogP contribution is -2.30. The Morgan fingerprint density at radius 1 is 1.11 bits per heavy atom. The second kappa shape index (κ2) is 9.16. The Morgan fingerprint density at radius 2 is 1.80 bits per heavy atom. The molecule has 1 aromatic heterocycles. The molecule has 1 heterocycles. The van der Waals surface area contributed by atoms with Gasteiger partial charge in [0.15, 0.2) is 0 Å². The standard InChI is InChI=1S/C25H23F4N3O3/c1-3-32(4-2)22-17-10-16(13-5-8-15(24(34)35)20(26)9-13)19(25(27,28)29)11-21(17)30-12-18(22)23(33)31-14-6-7-14/h5,8-12,14H,3-4,6-7H2,1-2H3,(H,31,33)(H,34,35).